The fourth-order valence-corrected chi connectivity index (χ4v) is 2.09. The summed E-state index contributed by atoms with van der Waals surface area (Å²) < 4.78 is 10.4. The van der Waals surface area contributed by atoms with Crippen LogP contribution in [0, 0.1) is 5.41 Å². The van der Waals surface area contributed by atoms with Gasteiger partial charge < -0.3 is 14.8 Å². The first-order chi connectivity index (χ1) is 9.89. The molecule has 118 valence electrons. The fourth-order valence-electron chi connectivity index (χ4n) is 2.09. The second-order valence-corrected chi connectivity index (χ2v) is 5.97. The van der Waals surface area contributed by atoms with Gasteiger partial charge in [-0.05, 0) is 51.4 Å². The van der Waals surface area contributed by atoms with Crippen LogP contribution in [-0.4, -0.2) is 32.3 Å². The molecule has 0 saturated carbocycles. The van der Waals surface area contributed by atoms with E-state index in [2.05, 4.69) is 31.3 Å². The lowest BCUT2D eigenvalue weighted by atomic mass is 9.95. The molecule has 0 bridgehead atoms. The summed E-state index contributed by atoms with van der Waals surface area (Å²) >= 11 is 0. The number of carbonyl (C=O) groups is 1. The zero-order valence-corrected chi connectivity index (χ0v) is 13.7. The van der Waals surface area contributed by atoms with E-state index in [4.69, 9.17) is 9.47 Å². The van der Waals surface area contributed by atoms with E-state index in [1.54, 1.807) is 0 Å². The van der Waals surface area contributed by atoms with Gasteiger partial charge in [-0.2, -0.15) is 0 Å². The Morgan fingerprint density at radius 3 is 2.43 bits per heavy atom. The van der Waals surface area contributed by atoms with Crippen LogP contribution in [0.3, 0.4) is 0 Å². The van der Waals surface area contributed by atoms with Crippen LogP contribution >= 0.6 is 0 Å². The Labute approximate surface area is 127 Å². The van der Waals surface area contributed by atoms with Crippen LogP contribution < -0.4 is 10.1 Å². The number of hydrogen-bond acceptors (Lipinski definition) is 4. The van der Waals surface area contributed by atoms with Crippen LogP contribution in [-0.2, 0) is 16.0 Å². The molecular formula is C17H27NO3. The number of carbonyl (C=O) groups excluding carboxylic acids is 1. The van der Waals surface area contributed by atoms with Gasteiger partial charge in [0.15, 0.2) is 0 Å². The summed E-state index contributed by atoms with van der Waals surface area (Å²) in [5.41, 5.74) is 0.621. The highest BCUT2D eigenvalue weighted by atomic mass is 16.5. The minimum Gasteiger partial charge on any atom is -0.492 e. The summed E-state index contributed by atoms with van der Waals surface area (Å²) in [5, 5.41) is 3.39. The van der Waals surface area contributed by atoms with Crippen molar-refractivity contribution in [3.63, 3.8) is 0 Å². The molecule has 1 atom stereocenters. The van der Waals surface area contributed by atoms with Crippen molar-refractivity contribution in [3.8, 4) is 5.75 Å². The summed E-state index contributed by atoms with van der Waals surface area (Å²) in [6, 6.07) is 8.48. The van der Waals surface area contributed by atoms with E-state index >= 15 is 0 Å². The topological polar surface area (TPSA) is 47.6 Å². The zero-order chi connectivity index (χ0) is 15.9. The van der Waals surface area contributed by atoms with Gasteiger partial charge in [-0.25, -0.2) is 0 Å². The quantitative estimate of drug-likeness (QED) is 0.749. The number of ether oxygens (including phenoxy) is 2. The van der Waals surface area contributed by atoms with Crippen molar-refractivity contribution < 1.29 is 14.3 Å². The predicted octanol–water partition coefficient (Wildman–Crippen LogP) is 2.81. The normalized spacial score (nSPS) is 12.8. The summed E-state index contributed by atoms with van der Waals surface area (Å²) in [5.74, 6) is 0.505. The molecule has 0 amide bonds. The summed E-state index contributed by atoms with van der Waals surface area (Å²) in [6.45, 7) is 9.18. The third-order valence-corrected chi connectivity index (χ3v) is 3.36. The molecule has 0 radical (unpaired) electrons. The molecule has 0 aliphatic heterocycles. The van der Waals surface area contributed by atoms with E-state index in [0.717, 1.165) is 18.7 Å². The van der Waals surface area contributed by atoms with E-state index in [1.165, 1.54) is 12.7 Å². The van der Waals surface area contributed by atoms with Crippen molar-refractivity contribution >= 4 is 5.97 Å². The number of likely N-dealkylation sites (N-methyl/N-ethyl adjacent to an activating group) is 1. The standard InChI is InChI=1S/C17H27NO3/c1-6-18-13(2)11-14-7-9-15(10-8-14)21-12-17(3,4)16(19)20-5/h7-10,13,18H,6,11-12H2,1-5H3. The lowest BCUT2D eigenvalue weighted by Gasteiger charge is -2.21. The first kappa shape index (κ1) is 17.5. The average Bonchev–Trinajstić information content (AvgIpc) is 2.46. The summed E-state index contributed by atoms with van der Waals surface area (Å²) in [7, 11) is 1.39. The Hall–Kier alpha value is -1.55. The molecule has 1 rings (SSSR count). The number of esters is 1. The van der Waals surface area contributed by atoms with Crippen molar-refractivity contribution in [2.45, 2.75) is 40.2 Å². The molecule has 0 aliphatic rings. The van der Waals surface area contributed by atoms with Crippen LogP contribution in [0.4, 0.5) is 0 Å². The Morgan fingerprint density at radius 1 is 1.29 bits per heavy atom. The van der Waals surface area contributed by atoms with Gasteiger partial charge in [0.05, 0.1) is 12.5 Å². The van der Waals surface area contributed by atoms with Crippen molar-refractivity contribution in [2.24, 2.45) is 5.41 Å². The maximum Gasteiger partial charge on any atom is 0.314 e. The lowest BCUT2D eigenvalue weighted by molar-refractivity contribution is -0.152. The highest BCUT2D eigenvalue weighted by molar-refractivity contribution is 5.75. The largest absolute Gasteiger partial charge is 0.492 e. The summed E-state index contributed by atoms with van der Waals surface area (Å²) in [4.78, 5) is 11.6. The predicted molar refractivity (Wildman–Crippen MR) is 84.6 cm³/mol. The second kappa shape index (κ2) is 8.03. The zero-order valence-electron chi connectivity index (χ0n) is 13.7. The Kier molecular flexibility index (Phi) is 6.69. The number of hydrogen-bond donors (Lipinski definition) is 1. The lowest BCUT2D eigenvalue weighted by Crippen LogP contribution is -2.32. The van der Waals surface area contributed by atoms with Gasteiger partial charge in [-0.15, -0.1) is 0 Å². The van der Waals surface area contributed by atoms with E-state index < -0.39 is 5.41 Å². The molecule has 1 N–H and O–H groups in total. The SMILES string of the molecule is CCNC(C)Cc1ccc(OCC(C)(C)C(=O)OC)cc1. The maximum atomic E-state index is 11.6. The number of methoxy groups -OCH3 is 1. The molecule has 21 heavy (non-hydrogen) atoms. The van der Waals surface area contributed by atoms with Crippen LogP contribution in [0.1, 0.15) is 33.3 Å². The highest BCUT2D eigenvalue weighted by Crippen LogP contribution is 2.20. The van der Waals surface area contributed by atoms with Crippen molar-refractivity contribution in [1.82, 2.24) is 5.32 Å². The Morgan fingerprint density at radius 2 is 1.90 bits per heavy atom. The third-order valence-electron chi connectivity index (χ3n) is 3.36. The number of benzene rings is 1. The first-order valence-electron chi connectivity index (χ1n) is 7.42. The van der Waals surface area contributed by atoms with E-state index in [1.807, 2.05) is 26.0 Å². The van der Waals surface area contributed by atoms with Crippen molar-refractivity contribution in [3.05, 3.63) is 29.8 Å². The molecule has 0 aliphatic carbocycles. The maximum absolute atomic E-state index is 11.6. The molecule has 1 aromatic carbocycles. The van der Waals surface area contributed by atoms with E-state index in [9.17, 15) is 4.79 Å². The molecule has 4 nitrogen and oxygen atoms in total. The smallest absolute Gasteiger partial charge is 0.314 e. The molecule has 0 fully saturated rings. The average molecular weight is 293 g/mol. The minimum absolute atomic E-state index is 0.265. The minimum atomic E-state index is -0.646. The molecular weight excluding hydrogens is 266 g/mol. The first-order valence-corrected chi connectivity index (χ1v) is 7.42. The Balaban J connectivity index is 2.53. The van der Waals surface area contributed by atoms with Crippen molar-refractivity contribution in [2.75, 3.05) is 20.3 Å². The van der Waals surface area contributed by atoms with Gasteiger partial charge in [0, 0.05) is 6.04 Å². The van der Waals surface area contributed by atoms with Crippen LogP contribution in [0.25, 0.3) is 0 Å². The third kappa shape index (κ3) is 5.76. The highest BCUT2D eigenvalue weighted by Gasteiger charge is 2.29. The van der Waals surface area contributed by atoms with Crippen molar-refractivity contribution in [1.29, 1.82) is 0 Å². The fraction of sp³-hybridized carbons (Fsp3) is 0.588. The van der Waals surface area contributed by atoms with Gasteiger partial charge in [0.25, 0.3) is 0 Å². The molecule has 1 unspecified atom stereocenters. The molecule has 0 saturated heterocycles. The molecule has 0 spiro atoms. The summed E-state index contributed by atoms with van der Waals surface area (Å²) in [6.07, 6.45) is 0.988. The molecule has 4 heteroatoms. The van der Waals surface area contributed by atoms with Crippen LogP contribution in [0.15, 0.2) is 24.3 Å². The van der Waals surface area contributed by atoms with E-state index in [-0.39, 0.29) is 5.97 Å². The van der Waals surface area contributed by atoms with Crippen LogP contribution in [0.5, 0.6) is 5.75 Å². The van der Waals surface area contributed by atoms with Gasteiger partial charge in [-0.1, -0.05) is 19.1 Å². The van der Waals surface area contributed by atoms with Gasteiger partial charge in [-0.3, -0.25) is 4.79 Å². The second-order valence-electron chi connectivity index (χ2n) is 5.97. The van der Waals surface area contributed by atoms with Gasteiger partial charge in [0.2, 0.25) is 0 Å². The van der Waals surface area contributed by atoms with Gasteiger partial charge >= 0.3 is 5.97 Å². The molecule has 0 aromatic heterocycles. The van der Waals surface area contributed by atoms with Gasteiger partial charge in [0.1, 0.15) is 12.4 Å². The number of nitrogens with one attached hydrogen (secondary N) is 1. The Bertz CT molecular complexity index is 440. The number of rotatable bonds is 8. The molecule has 1 aromatic rings. The molecule has 0 heterocycles. The monoisotopic (exact) mass is 293 g/mol. The van der Waals surface area contributed by atoms with Crippen LogP contribution in [0.2, 0.25) is 0 Å². The van der Waals surface area contributed by atoms with E-state index in [0.29, 0.717) is 12.6 Å².